The van der Waals surface area contributed by atoms with Crippen LogP contribution in [0.15, 0.2) is 249 Å². The van der Waals surface area contributed by atoms with Crippen molar-refractivity contribution in [2.75, 3.05) is 16.5 Å². The van der Waals surface area contributed by atoms with Crippen molar-refractivity contribution in [3.8, 4) is 56.8 Å². The number of hydrogen-bond acceptors (Lipinski definition) is 5. The third kappa shape index (κ3) is 7.74. The summed E-state index contributed by atoms with van der Waals surface area (Å²) in [6, 6.07) is 87.8. The van der Waals surface area contributed by atoms with E-state index in [1.165, 1.54) is 5.56 Å². The van der Waals surface area contributed by atoms with Gasteiger partial charge in [0.25, 0.3) is 0 Å². The maximum absolute atomic E-state index is 10.3. The van der Waals surface area contributed by atoms with E-state index >= 15 is 0 Å². The van der Waals surface area contributed by atoms with Gasteiger partial charge >= 0.3 is 0 Å². The Hall–Kier alpha value is -10.5. The molecule has 0 fully saturated rings. The summed E-state index contributed by atoms with van der Waals surface area (Å²) in [6.07, 6.45) is 1.91. The van der Waals surface area contributed by atoms with Gasteiger partial charge in [-0.15, -0.1) is 0 Å². The quantitative estimate of drug-likeness (QED) is 0.135. The number of benzene rings is 10. The van der Waals surface area contributed by atoms with Crippen molar-refractivity contribution < 1.29 is 4.74 Å². The van der Waals surface area contributed by atoms with Gasteiger partial charge in [-0.05, 0) is 140 Å². The number of hydrogen-bond donors (Lipinski definition) is 0. The summed E-state index contributed by atoms with van der Waals surface area (Å²) < 4.78 is 9.14. The molecule has 3 heterocycles. The second-order valence-electron chi connectivity index (χ2n) is 21.8. The van der Waals surface area contributed by atoms with Crippen LogP contribution in [0.3, 0.4) is 0 Å². The lowest BCUT2D eigenvalue weighted by Gasteiger charge is -2.36. The zero-order chi connectivity index (χ0) is 54.1. The summed E-state index contributed by atoms with van der Waals surface area (Å²) in [5, 5.41) is 12.6. The number of pyridine rings is 1. The minimum absolute atomic E-state index is 0.0404. The molecule has 0 saturated carbocycles. The Morgan fingerprint density at radius 1 is 0.537 bits per heavy atom. The maximum Gasteiger partial charge on any atom is 0.187 e. The predicted octanol–water partition coefficient (Wildman–Crippen LogP) is 18.6. The van der Waals surface area contributed by atoms with Gasteiger partial charge in [-0.3, -0.25) is 4.57 Å². The van der Waals surface area contributed by atoms with Gasteiger partial charge in [-0.25, -0.2) is 9.83 Å². The first kappa shape index (κ1) is 47.9. The molecule has 10 aromatic carbocycles. The summed E-state index contributed by atoms with van der Waals surface area (Å²) in [5.41, 5.74) is 18.3. The molecule has 0 spiro atoms. The molecule has 12 aromatic rings. The number of aromatic nitrogens is 2. The van der Waals surface area contributed by atoms with Crippen LogP contribution in [0.1, 0.15) is 54.2 Å². The standard InChI is InChI=1S/C73H52N6O/c1-72(2,3)52-37-38-76-70(42-52)79-66-28-15-14-27-58(66)59-34-33-57(45-69(59)79)80-56-26-18-25-55(44-56)77-47-78(68-30-17-16-29-67(68)77)71-60(49-19-8-5-9-20-49)40-53(41-61(71)50-21-10-6-11-22-50)73(51-23-12-7-13-24-51)64-35-31-48(46-74)39-62(64)63-43-54(75-4)32-36-65(63)73/h5-45H,47H2,1-3H3. The molecule has 1 aliphatic carbocycles. The van der Waals surface area contributed by atoms with E-state index in [4.69, 9.17) is 16.3 Å². The van der Waals surface area contributed by atoms with Crippen molar-refractivity contribution in [2.24, 2.45) is 0 Å². The van der Waals surface area contributed by atoms with Gasteiger partial charge in [0.05, 0.1) is 51.7 Å². The molecular weight excluding hydrogens is 977 g/mol. The van der Waals surface area contributed by atoms with Crippen LogP contribution in [0.4, 0.5) is 28.4 Å². The molecular formula is C73H52N6O. The first-order valence-corrected chi connectivity index (χ1v) is 27.0. The van der Waals surface area contributed by atoms with E-state index < -0.39 is 5.41 Å². The Balaban J connectivity index is 0.920. The van der Waals surface area contributed by atoms with Crippen LogP contribution in [0.5, 0.6) is 11.5 Å². The number of ether oxygens (including phenoxy) is 1. The second kappa shape index (κ2) is 18.9. The fourth-order valence-corrected chi connectivity index (χ4v) is 12.5. The number of anilines is 4. The van der Waals surface area contributed by atoms with Crippen LogP contribution in [0, 0.1) is 17.9 Å². The van der Waals surface area contributed by atoms with Gasteiger partial charge in [0, 0.05) is 45.9 Å². The lowest BCUT2D eigenvalue weighted by Crippen LogP contribution is -2.29. The van der Waals surface area contributed by atoms with Gasteiger partial charge in [0.15, 0.2) is 5.69 Å². The first-order valence-electron chi connectivity index (χ1n) is 27.0. The van der Waals surface area contributed by atoms with E-state index in [1.54, 1.807) is 0 Å². The smallest absolute Gasteiger partial charge is 0.187 e. The molecule has 0 bridgehead atoms. The molecule has 0 N–H and O–H groups in total. The lowest BCUT2D eigenvalue weighted by atomic mass is 9.66. The molecule has 7 nitrogen and oxygen atoms in total. The highest BCUT2D eigenvalue weighted by Gasteiger charge is 2.47. The minimum Gasteiger partial charge on any atom is -0.457 e. The van der Waals surface area contributed by atoms with E-state index in [2.05, 4.69) is 258 Å². The van der Waals surface area contributed by atoms with Gasteiger partial charge in [0.2, 0.25) is 0 Å². The van der Waals surface area contributed by atoms with Crippen molar-refractivity contribution >= 4 is 50.2 Å². The van der Waals surface area contributed by atoms with Crippen LogP contribution in [0.2, 0.25) is 0 Å². The third-order valence-corrected chi connectivity index (χ3v) is 16.2. The molecule has 1 unspecified atom stereocenters. The van der Waals surface area contributed by atoms with Gasteiger partial charge < -0.3 is 14.5 Å². The monoisotopic (exact) mass is 1030 g/mol. The normalized spacial score (nSPS) is 14.4. The zero-order valence-electron chi connectivity index (χ0n) is 44.5. The topological polar surface area (TPSA) is 61.7 Å². The number of rotatable bonds is 9. The van der Waals surface area contributed by atoms with Crippen LogP contribution in [-0.2, 0) is 10.8 Å². The van der Waals surface area contributed by atoms with Gasteiger partial charge in [-0.2, -0.15) is 5.26 Å². The molecule has 80 heavy (non-hydrogen) atoms. The van der Waals surface area contributed by atoms with E-state index in [9.17, 15) is 5.26 Å². The average molecular weight is 1030 g/mol. The average Bonchev–Trinajstić information content (AvgIpc) is 3.23. The van der Waals surface area contributed by atoms with Crippen molar-refractivity contribution in [1.82, 2.24) is 9.55 Å². The lowest BCUT2D eigenvalue weighted by molar-refractivity contribution is 0.483. The maximum atomic E-state index is 10.3. The predicted molar refractivity (Wildman–Crippen MR) is 325 cm³/mol. The fourth-order valence-electron chi connectivity index (χ4n) is 12.5. The van der Waals surface area contributed by atoms with Gasteiger partial charge in [0.1, 0.15) is 24.0 Å². The summed E-state index contributed by atoms with van der Waals surface area (Å²) in [7, 11) is 0. The van der Waals surface area contributed by atoms with Crippen LogP contribution >= 0.6 is 0 Å². The molecule has 0 radical (unpaired) electrons. The highest BCUT2D eigenvalue weighted by molar-refractivity contribution is 6.09. The summed E-state index contributed by atoms with van der Waals surface area (Å²) in [5.74, 6) is 2.32. The van der Waals surface area contributed by atoms with Crippen molar-refractivity contribution in [2.45, 2.75) is 31.6 Å². The Kier molecular flexibility index (Phi) is 11.3. The Morgan fingerprint density at radius 3 is 1.86 bits per heavy atom. The molecule has 1 atom stereocenters. The first-order chi connectivity index (χ1) is 39.2. The number of nitrogens with zero attached hydrogens (tertiary/aromatic N) is 6. The number of fused-ring (bicyclic) bond motifs is 7. The van der Waals surface area contributed by atoms with Crippen molar-refractivity contribution in [3.05, 3.63) is 294 Å². The molecule has 0 saturated heterocycles. The third-order valence-electron chi connectivity index (χ3n) is 16.2. The Labute approximate surface area is 465 Å². The summed E-state index contributed by atoms with van der Waals surface area (Å²) in [4.78, 5) is 13.7. The van der Waals surface area contributed by atoms with Crippen LogP contribution in [0.25, 0.3) is 65.8 Å². The largest absolute Gasteiger partial charge is 0.457 e. The molecule has 7 heteroatoms. The molecule has 380 valence electrons. The highest BCUT2D eigenvalue weighted by Crippen LogP contribution is 2.60. The Bertz CT molecular complexity index is 4380. The molecule has 14 rings (SSSR count). The van der Waals surface area contributed by atoms with E-state index in [0.29, 0.717) is 17.9 Å². The Morgan fingerprint density at radius 2 is 1.16 bits per heavy atom. The zero-order valence-corrected chi connectivity index (χ0v) is 44.5. The SMILES string of the molecule is [C-]#[N+]c1ccc2c(c1)-c1cc(C#N)ccc1C2(c1ccccc1)c1cc(-c2ccccc2)c(N2CN(c3cccc(Oc4ccc5c6ccccc6n(-c6cc(C(C)(C)C)ccn6)c5c4)c3)c3ccccc32)c(-c2ccccc2)c1. The summed E-state index contributed by atoms with van der Waals surface area (Å²) in [6.45, 7) is 15.3. The van der Waals surface area contributed by atoms with E-state index in [-0.39, 0.29) is 5.41 Å². The number of para-hydroxylation sites is 3. The molecule has 0 amide bonds. The molecule has 2 aliphatic rings. The van der Waals surface area contributed by atoms with E-state index in [1.807, 2.05) is 36.5 Å². The van der Waals surface area contributed by atoms with Crippen LogP contribution in [-0.4, -0.2) is 16.2 Å². The molecule has 2 aromatic heterocycles. The van der Waals surface area contributed by atoms with Gasteiger partial charge in [-0.1, -0.05) is 166 Å². The van der Waals surface area contributed by atoms with Crippen molar-refractivity contribution in [3.63, 3.8) is 0 Å². The minimum atomic E-state index is -0.823. The van der Waals surface area contributed by atoms with Crippen LogP contribution < -0.4 is 14.5 Å². The molecule has 1 aliphatic heterocycles. The second-order valence-corrected chi connectivity index (χ2v) is 21.8. The van der Waals surface area contributed by atoms with E-state index in [0.717, 1.165) is 118 Å². The summed E-state index contributed by atoms with van der Waals surface area (Å²) >= 11 is 0. The highest BCUT2D eigenvalue weighted by atomic mass is 16.5. The fraction of sp³-hybridized carbons (Fsp3) is 0.0822. The number of nitriles is 1. The van der Waals surface area contributed by atoms with Crippen molar-refractivity contribution in [1.29, 1.82) is 5.26 Å².